The molecule has 1 aliphatic carbocycles. The Balaban J connectivity index is 2.31. The van der Waals surface area contributed by atoms with E-state index in [9.17, 15) is 28.8 Å². The summed E-state index contributed by atoms with van der Waals surface area (Å²) in [6.45, 7) is 21.1. The van der Waals surface area contributed by atoms with Gasteiger partial charge in [-0.05, 0) is 46.8 Å². The maximum atomic E-state index is 14.3. The molecule has 0 aromatic heterocycles. The smallest absolute Gasteiger partial charge is 0.329 e. The van der Waals surface area contributed by atoms with Crippen LogP contribution in [0.4, 0.5) is 4.79 Å². The first-order chi connectivity index (χ1) is 20.9. The molecule has 1 heterocycles. The molecule has 0 bridgehead atoms. The van der Waals surface area contributed by atoms with Gasteiger partial charge in [0.05, 0.1) is 12.6 Å². The minimum atomic E-state index is -1.11. The van der Waals surface area contributed by atoms with Gasteiger partial charge in [-0.1, -0.05) is 95.4 Å². The van der Waals surface area contributed by atoms with Gasteiger partial charge in [-0.3, -0.25) is 19.2 Å². The van der Waals surface area contributed by atoms with Crippen LogP contribution in [0.15, 0.2) is 0 Å². The van der Waals surface area contributed by atoms with Crippen molar-refractivity contribution in [2.24, 2.45) is 39.7 Å². The number of Topliss-reactive ketones (excluding diaryl/α,β-unsaturated/α-hetero) is 1. The normalized spacial score (nSPS) is 21.1. The van der Waals surface area contributed by atoms with Crippen molar-refractivity contribution in [2.45, 2.75) is 132 Å². The summed E-state index contributed by atoms with van der Waals surface area (Å²) in [7, 11) is 0. The van der Waals surface area contributed by atoms with Crippen LogP contribution in [0.3, 0.4) is 0 Å². The lowest BCUT2D eigenvalue weighted by Crippen LogP contribution is -2.62. The number of nitrogens with one attached hydrogen (secondary N) is 3. The highest BCUT2D eigenvalue weighted by atomic mass is 16.5. The van der Waals surface area contributed by atoms with Gasteiger partial charge in [0, 0.05) is 6.54 Å². The molecule has 46 heavy (non-hydrogen) atoms. The van der Waals surface area contributed by atoms with Crippen LogP contribution < -0.4 is 21.7 Å². The van der Waals surface area contributed by atoms with Crippen molar-refractivity contribution in [2.75, 3.05) is 13.2 Å². The third kappa shape index (κ3) is 11.0. The number of primary amides is 1. The van der Waals surface area contributed by atoms with Crippen molar-refractivity contribution < 1.29 is 33.5 Å². The zero-order chi connectivity index (χ0) is 35.4. The van der Waals surface area contributed by atoms with Gasteiger partial charge < -0.3 is 31.3 Å². The molecule has 1 saturated carbocycles. The zero-order valence-corrected chi connectivity index (χ0v) is 29.9. The molecule has 12 nitrogen and oxygen atoms in total. The number of nitrogens with two attached hydrogens (primary N) is 1. The maximum Gasteiger partial charge on any atom is 0.329 e. The van der Waals surface area contributed by atoms with Crippen molar-refractivity contribution >= 4 is 35.5 Å². The highest BCUT2D eigenvalue weighted by Crippen LogP contribution is 2.34. The summed E-state index contributed by atoms with van der Waals surface area (Å²) in [6.07, 6.45) is 3.53. The lowest BCUT2D eigenvalue weighted by atomic mass is 9.80. The third-order valence-corrected chi connectivity index (χ3v) is 8.94. The van der Waals surface area contributed by atoms with Crippen molar-refractivity contribution in [3.8, 4) is 0 Å². The molecule has 5 atom stereocenters. The van der Waals surface area contributed by atoms with Crippen LogP contribution in [0.25, 0.3) is 0 Å². The van der Waals surface area contributed by atoms with E-state index in [1.54, 1.807) is 20.8 Å². The number of hydrogen-bond acceptors (Lipinski definition) is 7. The Labute approximate surface area is 275 Å². The van der Waals surface area contributed by atoms with Gasteiger partial charge in [0.15, 0.2) is 0 Å². The standard InChI is InChI=1S/C34H59N5O7/c1-19(2)21-16-23(28(42)36-22(24(40)27(35)41)15-20-13-12-14-20)39(17-21)29(43)25(33(6,7)8)37-31(45)38-26(34(9,10)11)30(44)46-18-32(3,4)5/h19-23,25-26H,12-18H2,1-11H3,(H2,35,41)(H,36,42)(H2,37,38,45)/t21-,22?,23+,25-,26+/m1/s1. The first-order valence-corrected chi connectivity index (χ1v) is 16.6. The molecular formula is C34H59N5O7. The Hall–Kier alpha value is -3.18. The number of amides is 5. The van der Waals surface area contributed by atoms with Crippen molar-refractivity contribution in [3.63, 3.8) is 0 Å². The van der Waals surface area contributed by atoms with Gasteiger partial charge in [-0.15, -0.1) is 0 Å². The van der Waals surface area contributed by atoms with Gasteiger partial charge in [-0.25, -0.2) is 9.59 Å². The lowest BCUT2D eigenvalue weighted by Gasteiger charge is -2.37. The molecule has 5 N–H and O–H groups in total. The molecule has 1 unspecified atom stereocenters. The first-order valence-electron chi connectivity index (χ1n) is 16.6. The molecule has 0 aromatic carbocycles. The molecule has 0 aromatic rings. The average molecular weight is 650 g/mol. The number of hydrogen-bond donors (Lipinski definition) is 4. The van der Waals surface area contributed by atoms with Crippen LogP contribution >= 0.6 is 0 Å². The summed E-state index contributed by atoms with van der Waals surface area (Å²) in [6, 6.07) is -4.72. The predicted molar refractivity (Wildman–Crippen MR) is 175 cm³/mol. The minimum Gasteiger partial charge on any atom is -0.464 e. The number of rotatable bonds is 12. The summed E-state index contributed by atoms with van der Waals surface area (Å²) in [5, 5.41) is 8.26. The predicted octanol–water partition coefficient (Wildman–Crippen LogP) is 3.31. The Morgan fingerprint density at radius 3 is 1.83 bits per heavy atom. The number of likely N-dealkylation sites (tertiary alicyclic amines) is 1. The van der Waals surface area contributed by atoms with E-state index in [1.807, 2.05) is 55.4 Å². The maximum absolute atomic E-state index is 14.3. The summed E-state index contributed by atoms with van der Waals surface area (Å²) in [5.41, 5.74) is 3.59. The van der Waals surface area contributed by atoms with Gasteiger partial charge in [-0.2, -0.15) is 0 Å². The quantitative estimate of drug-likeness (QED) is 0.185. The van der Waals surface area contributed by atoms with Crippen molar-refractivity contribution in [1.29, 1.82) is 0 Å². The zero-order valence-electron chi connectivity index (χ0n) is 29.9. The van der Waals surface area contributed by atoms with Gasteiger partial charge in [0.25, 0.3) is 5.91 Å². The number of nitrogens with zero attached hydrogens (tertiary/aromatic N) is 1. The number of carbonyl (C=O) groups is 6. The van der Waals surface area contributed by atoms with Crippen LogP contribution in [-0.4, -0.2) is 77.7 Å². The van der Waals surface area contributed by atoms with E-state index in [0.717, 1.165) is 19.3 Å². The summed E-state index contributed by atoms with van der Waals surface area (Å²) in [4.78, 5) is 80.4. The number of esters is 1. The topological polar surface area (TPSA) is 177 Å². The van der Waals surface area contributed by atoms with E-state index in [1.165, 1.54) is 4.90 Å². The third-order valence-electron chi connectivity index (χ3n) is 8.94. The van der Waals surface area contributed by atoms with Crippen LogP contribution in [0.5, 0.6) is 0 Å². The summed E-state index contributed by atoms with van der Waals surface area (Å²) >= 11 is 0. The van der Waals surface area contributed by atoms with E-state index in [-0.39, 0.29) is 36.3 Å². The minimum absolute atomic E-state index is 0.00562. The fourth-order valence-corrected chi connectivity index (χ4v) is 5.69. The van der Waals surface area contributed by atoms with E-state index in [0.29, 0.717) is 12.8 Å². The van der Waals surface area contributed by atoms with E-state index in [4.69, 9.17) is 10.5 Å². The second kappa shape index (κ2) is 15.2. The summed E-state index contributed by atoms with van der Waals surface area (Å²) < 4.78 is 5.52. The molecule has 1 aliphatic heterocycles. The number of urea groups is 1. The summed E-state index contributed by atoms with van der Waals surface area (Å²) in [5.74, 6) is -3.15. The van der Waals surface area contributed by atoms with Crippen LogP contribution in [0.2, 0.25) is 0 Å². The highest BCUT2D eigenvalue weighted by molar-refractivity contribution is 6.37. The molecule has 2 aliphatic rings. The Morgan fingerprint density at radius 1 is 0.848 bits per heavy atom. The second-order valence-electron chi connectivity index (χ2n) is 17.0. The van der Waals surface area contributed by atoms with Gasteiger partial charge >= 0.3 is 12.0 Å². The average Bonchev–Trinajstić information content (AvgIpc) is 3.34. The molecule has 0 spiro atoms. The van der Waals surface area contributed by atoms with Gasteiger partial charge in [0.1, 0.15) is 18.1 Å². The Kier molecular flexibility index (Phi) is 12.8. The Morgan fingerprint density at radius 2 is 1.39 bits per heavy atom. The number of carbonyl (C=O) groups excluding carboxylic acids is 6. The molecule has 262 valence electrons. The SMILES string of the molecule is CC(C)[C@@H]1C[C@@H](C(=O)NC(CC2CCC2)C(=O)C(N)=O)N(C(=O)[C@@H](NC(=O)N[C@@H](C(=O)OCC(C)(C)C)C(C)(C)C)C(C)(C)C)C1. The number of ketones is 1. The van der Waals surface area contributed by atoms with E-state index >= 15 is 0 Å². The second-order valence-corrected chi connectivity index (χ2v) is 17.0. The monoisotopic (exact) mass is 649 g/mol. The molecule has 2 rings (SSSR count). The van der Waals surface area contributed by atoms with Crippen molar-refractivity contribution in [1.82, 2.24) is 20.9 Å². The molecule has 5 amide bonds. The van der Waals surface area contributed by atoms with Crippen LogP contribution in [0.1, 0.15) is 108 Å². The van der Waals surface area contributed by atoms with E-state index < -0.39 is 70.5 Å². The fourth-order valence-electron chi connectivity index (χ4n) is 5.69. The first kappa shape index (κ1) is 39.0. The van der Waals surface area contributed by atoms with Gasteiger partial charge in [0.2, 0.25) is 17.6 Å². The highest BCUT2D eigenvalue weighted by Gasteiger charge is 2.47. The van der Waals surface area contributed by atoms with E-state index in [2.05, 4.69) is 16.0 Å². The molecule has 12 heteroatoms. The van der Waals surface area contributed by atoms with Crippen molar-refractivity contribution in [3.05, 3.63) is 0 Å². The Bertz CT molecular complexity index is 1140. The van der Waals surface area contributed by atoms with Crippen LogP contribution in [0, 0.1) is 34.0 Å². The molecule has 0 radical (unpaired) electrons. The largest absolute Gasteiger partial charge is 0.464 e. The molecule has 2 fully saturated rings. The fraction of sp³-hybridized carbons (Fsp3) is 0.824. The molecular weight excluding hydrogens is 590 g/mol. The van der Waals surface area contributed by atoms with Crippen LogP contribution in [-0.2, 0) is 28.7 Å². The number of ether oxygens (including phenoxy) is 1. The molecule has 1 saturated heterocycles. The lowest BCUT2D eigenvalue weighted by molar-refractivity contribution is -0.151.